The molecule has 2 aliphatic rings. The molecule has 0 spiro atoms. The second-order valence-corrected chi connectivity index (χ2v) is 11.6. The molecule has 202 valence electrons. The Morgan fingerprint density at radius 2 is 1.09 bits per heavy atom. The minimum Gasteiger partial charge on any atom is -0.484 e. The number of hydrogen-bond acceptors (Lipinski definition) is 1. The molecule has 1 heteroatoms. The molecular weight excluding hydrogens is 520 g/mol. The van der Waals surface area contributed by atoms with E-state index in [-0.39, 0.29) is 12.0 Å². The molecule has 1 aliphatic carbocycles. The molecule has 0 fully saturated rings. The SMILES string of the molecule is C1=CC2c3cc(-c4c5ccccc5c(-c5ccccc5)c5ccccc45)ccc3OC2C(c2cccc3ccccc23)=C1. The summed E-state index contributed by atoms with van der Waals surface area (Å²) in [6, 6.07) is 50.5. The van der Waals surface area contributed by atoms with Gasteiger partial charge in [-0.2, -0.15) is 0 Å². The van der Waals surface area contributed by atoms with Crippen molar-refractivity contribution in [3.8, 4) is 28.0 Å². The summed E-state index contributed by atoms with van der Waals surface area (Å²) in [4.78, 5) is 0. The summed E-state index contributed by atoms with van der Waals surface area (Å²) in [6.45, 7) is 0. The Labute approximate surface area is 251 Å². The molecule has 9 rings (SSSR count). The Kier molecular flexibility index (Phi) is 5.39. The van der Waals surface area contributed by atoms with Crippen LogP contribution in [0.3, 0.4) is 0 Å². The first kappa shape index (κ1) is 24.2. The highest BCUT2D eigenvalue weighted by molar-refractivity contribution is 6.21. The molecule has 0 saturated carbocycles. The van der Waals surface area contributed by atoms with E-state index < -0.39 is 0 Å². The number of ether oxygens (including phenoxy) is 1. The Balaban J connectivity index is 1.21. The van der Waals surface area contributed by atoms with Crippen LogP contribution in [0.5, 0.6) is 5.75 Å². The Morgan fingerprint density at radius 1 is 0.488 bits per heavy atom. The number of fused-ring (bicyclic) bond motifs is 6. The summed E-state index contributed by atoms with van der Waals surface area (Å²) in [6.07, 6.45) is 6.71. The minimum atomic E-state index is -0.0463. The average Bonchev–Trinajstić information content (AvgIpc) is 3.45. The van der Waals surface area contributed by atoms with Crippen molar-refractivity contribution in [1.82, 2.24) is 0 Å². The van der Waals surface area contributed by atoms with Gasteiger partial charge in [-0.15, -0.1) is 0 Å². The van der Waals surface area contributed by atoms with E-state index in [9.17, 15) is 0 Å². The lowest BCUT2D eigenvalue weighted by Gasteiger charge is -2.24. The maximum absolute atomic E-state index is 6.75. The quantitative estimate of drug-likeness (QED) is 0.200. The number of rotatable bonds is 3. The van der Waals surface area contributed by atoms with Crippen LogP contribution in [0, 0.1) is 0 Å². The molecule has 43 heavy (non-hydrogen) atoms. The van der Waals surface area contributed by atoms with Gasteiger partial charge in [0.1, 0.15) is 11.9 Å². The molecule has 2 atom stereocenters. The topological polar surface area (TPSA) is 9.23 Å². The first-order valence-corrected chi connectivity index (χ1v) is 15.0. The van der Waals surface area contributed by atoms with Crippen LogP contribution in [-0.2, 0) is 0 Å². The molecular formula is C42H28O. The second-order valence-electron chi connectivity index (χ2n) is 11.6. The van der Waals surface area contributed by atoms with Gasteiger partial charge in [-0.1, -0.05) is 146 Å². The van der Waals surface area contributed by atoms with Crippen molar-refractivity contribution in [1.29, 1.82) is 0 Å². The highest BCUT2D eigenvalue weighted by Gasteiger charge is 2.37. The Hall–Kier alpha value is -5.40. The third kappa shape index (κ3) is 3.72. The lowest BCUT2D eigenvalue weighted by Crippen LogP contribution is -2.21. The van der Waals surface area contributed by atoms with E-state index in [0.717, 1.165) is 5.75 Å². The molecule has 0 bridgehead atoms. The minimum absolute atomic E-state index is 0.0463. The smallest absolute Gasteiger partial charge is 0.135 e. The summed E-state index contributed by atoms with van der Waals surface area (Å²) < 4.78 is 6.75. The van der Waals surface area contributed by atoms with Gasteiger partial charge in [-0.3, -0.25) is 0 Å². The molecule has 7 aromatic carbocycles. The molecule has 0 aromatic heterocycles. The van der Waals surface area contributed by atoms with Gasteiger partial charge in [-0.25, -0.2) is 0 Å². The highest BCUT2D eigenvalue weighted by Crippen LogP contribution is 2.50. The van der Waals surface area contributed by atoms with Gasteiger partial charge in [-0.05, 0) is 72.3 Å². The first-order valence-electron chi connectivity index (χ1n) is 15.0. The summed E-state index contributed by atoms with van der Waals surface area (Å²) >= 11 is 0. The van der Waals surface area contributed by atoms with Crippen molar-refractivity contribution in [2.75, 3.05) is 0 Å². The number of hydrogen-bond donors (Lipinski definition) is 0. The molecule has 7 aromatic rings. The van der Waals surface area contributed by atoms with Crippen LogP contribution in [0.15, 0.2) is 158 Å². The molecule has 1 heterocycles. The largest absolute Gasteiger partial charge is 0.484 e. The molecule has 0 saturated heterocycles. The van der Waals surface area contributed by atoms with Crippen LogP contribution in [0.1, 0.15) is 17.0 Å². The van der Waals surface area contributed by atoms with Crippen LogP contribution >= 0.6 is 0 Å². The van der Waals surface area contributed by atoms with Crippen molar-refractivity contribution >= 4 is 37.9 Å². The first-order chi connectivity index (χ1) is 21.3. The van der Waals surface area contributed by atoms with E-state index in [0.29, 0.717) is 0 Å². The zero-order valence-electron chi connectivity index (χ0n) is 23.6. The maximum Gasteiger partial charge on any atom is 0.135 e. The third-order valence-electron chi connectivity index (χ3n) is 9.23. The normalized spacial score (nSPS) is 17.1. The summed E-state index contributed by atoms with van der Waals surface area (Å²) in [5.41, 5.74) is 8.78. The van der Waals surface area contributed by atoms with Gasteiger partial charge in [0.15, 0.2) is 0 Å². The number of benzene rings is 7. The fourth-order valence-electron chi connectivity index (χ4n) is 7.36. The predicted molar refractivity (Wildman–Crippen MR) is 181 cm³/mol. The van der Waals surface area contributed by atoms with Gasteiger partial charge in [0, 0.05) is 17.1 Å². The summed E-state index contributed by atoms with van der Waals surface area (Å²) in [5.74, 6) is 1.14. The van der Waals surface area contributed by atoms with E-state index in [1.807, 2.05) is 0 Å². The summed E-state index contributed by atoms with van der Waals surface area (Å²) in [5, 5.41) is 7.60. The predicted octanol–water partition coefficient (Wildman–Crippen LogP) is 11.0. The lowest BCUT2D eigenvalue weighted by molar-refractivity contribution is 0.278. The third-order valence-corrected chi connectivity index (χ3v) is 9.23. The van der Waals surface area contributed by atoms with Gasteiger partial charge in [0.25, 0.3) is 0 Å². The van der Waals surface area contributed by atoms with Crippen LogP contribution in [-0.4, -0.2) is 6.10 Å². The number of allylic oxidation sites excluding steroid dienone is 2. The highest BCUT2D eigenvalue weighted by atomic mass is 16.5. The van der Waals surface area contributed by atoms with Crippen LogP contribution in [0.2, 0.25) is 0 Å². The summed E-state index contributed by atoms with van der Waals surface area (Å²) in [7, 11) is 0. The zero-order valence-corrected chi connectivity index (χ0v) is 23.6. The molecule has 0 amide bonds. The van der Waals surface area contributed by atoms with Crippen molar-refractivity contribution in [3.05, 3.63) is 169 Å². The van der Waals surface area contributed by atoms with E-state index in [1.54, 1.807) is 0 Å². The van der Waals surface area contributed by atoms with Crippen molar-refractivity contribution in [3.63, 3.8) is 0 Å². The van der Waals surface area contributed by atoms with Crippen molar-refractivity contribution < 1.29 is 4.74 Å². The molecule has 0 radical (unpaired) electrons. The monoisotopic (exact) mass is 548 g/mol. The van der Waals surface area contributed by atoms with Crippen molar-refractivity contribution in [2.45, 2.75) is 12.0 Å². The lowest BCUT2D eigenvalue weighted by atomic mass is 9.81. The fraction of sp³-hybridized carbons (Fsp3) is 0.0476. The standard InChI is InChI=1S/C42H28O/c1-2-13-28(14-3-1)40-32-17-6-8-19-34(32)41(35-20-9-7-18-33(35)40)29-24-25-39-38(26-29)37-23-11-22-36(42(37)43-39)31-21-10-15-27-12-4-5-16-30(27)31/h1-26,37,42H. The Bertz CT molecular complexity index is 2210. The van der Waals surface area contributed by atoms with E-state index in [2.05, 4.69) is 158 Å². The second kappa shape index (κ2) is 9.58. The van der Waals surface area contributed by atoms with Gasteiger partial charge in [0.2, 0.25) is 0 Å². The van der Waals surface area contributed by atoms with Crippen molar-refractivity contribution in [2.24, 2.45) is 0 Å². The molecule has 2 unspecified atom stereocenters. The van der Waals surface area contributed by atoms with Gasteiger partial charge < -0.3 is 4.74 Å². The van der Waals surface area contributed by atoms with Crippen LogP contribution < -0.4 is 4.74 Å². The Morgan fingerprint density at radius 3 is 1.81 bits per heavy atom. The zero-order chi connectivity index (χ0) is 28.3. The van der Waals surface area contributed by atoms with Crippen LogP contribution in [0.25, 0.3) is 60.1 Å². The van der Waals surface area contributed by atoms with E-state index >= 15 is 0 Å². The van der Waals surface area contributed by atoms with Gasteiger partial charge >= 0.3 is 0 Å². The maximum atomic E-state index is 6.75. The van der Waals surface area contributed by atoms with E-state index in [4.69, 9.17) is 4.74 Å². The van der Waals surface area contributed by atoms with Gasteiger partial charge in [0.05, 0.1) is 0 Å². The van der Waals surface area contributed by atoms with Crippen LogP contribution in [0.4, 0.5) is 0 Å². The molecule has 0 N–H and O–H groups in total. The molecule has 1 aliphatic heterocycles. The molecule has 1 nitrogen and oxygen atoms in total. The average molecular weight is 549 g/mol. The fourth-order valence-corrected chi connectivity index (χ4v) is 7.36. The van der Waals surface area contributed by atoms with E-state index in [1.165, 1.54) is 71.3 Å².